The number of hydrogen-bond acceptors (Lipinski definition) is 2. The van der Waals surface area contributed by atoms with Gasteiger partial charge in [0, 0.05) is 11.3 Å². The van der Waals surface area contributed by atoms with Crippen LogP contribution in [0.25, 0.3) is 0 Å². The summed E-state index contributed by atoms with van der Waals surface area (Å²) >= 11 is 0. The number of carbonyl (C=O) groups is 2. The van der Waals surface area contributed by atoms with E-state index in [2.05, 4.69) is 26.0 Å². The fourth-order valence-corrected chi connectivity index (χ4v) is 6.19. The number of rotatable bonds is 1. The molecule has 3 unspecified atom stereocenters. The van der Waals surface area contributed by atoms with Gasteiger partial charge in [0.15, 0.2) is 5.78 Å². The molecule has 2 heteroatoms. The molecule has 4 rings (SSSR count). The minimum atomic E-state index is -0.0630. The van der Waals surface area contributed by atoms with E-state index in [1.54, 1.807) is 13.0 Å². The molecule has 2 saturated carbocycles. The van der Waals surface area contributed by atoms with Crippen molar-refractivity contribution in [3.63, 3.8) is 0 Å². The van der Waals surface area contributed by atoms with Crippen LogP contribution in [-0.2, 0) is 9.59 Å². The zero-order valence-corrected chi connectivity index (χ0v) is 14.4. The van der Waals surface area contributed by atoms with Gasteiger partial charge in [0.2, 0.25) is 0 Å². The molecule has 0 aliphatic heterocycles. The lowest BCUT2D eigenvalue weighted by atomic mass is 9.52. The van der Waals surface area contributed by atoms with Crippen LogP contribution in [0.5, 0.6) is 0 Å². The zero-order chi connectivity index (χ0) is 16.4. The summed E-state index contributed by atoms with van der Waals surface area (Å²) in [5.74, 6) is 1.95. The summed E-state index contributed by atoms with van der Waals surface area (Å²) in [6.45, 7) is 6.40. The van der Waals surface area contributed by atoms with Crippen LogP contribution in [0.2, 0.25) is 0 Å². The Balaban J connectivity index is 1.76. The lowest BCUT2D eigenvalue weighted by Crippen LogP contribution is -2.44. The molecule has 4 aliphatic carbocycles. The standard InChI is InChI=1S/C21H26O2/c1-13(22)17-6-7-18-16-5-4-14-12-15(23)8-10-20(14,2)19(16)9-11-21(17,18)3/h8-10,12,16-18H,4-7,11H2,1-3H3/t16?,17?,18?,20-,21+/m0/s1. The predicted octanol–water partition coefficient (Wildman–Crippen LogP) is 4.42. The SMILES string of the molecule is CC(=O)C1CCC2C3CCC4=CC(=O)C=C[C@]4(C)C3=CC[C@]12C. The first-order valence-electron chi connectivity index (χ1n) is 9.01. The molecule has 0 radical (unpaired) electrons. The Morgan fingerprint density at radius 1 is 1.22 bits per heavy atom. The van der Waals surface area contributed by atoms with E-state index >= 15 is 0 Å². The average Bonchev–Trinajstić information content (AvgIpc) is 2.85. The first-order valence-corrected chi connectivity index (χ1v) is 9.01. The lowest BCUT2D eigenvalue weighted by molar-refractivity contribution is -0.124. The van der Waals surface area contributed by atoms with Crippen LogP contribution in [0.3, 0.4) is 0 Å². The third kappa shape index (κ3) is 1.93. The molecule has 4 aliphatic rings. The summed E-state index contributed by atoms with van der Waals surface area (Å²) in [5.41, 5.74) is 2.89. The van der Waals surface area contributed by atoms with Gasteiger partial charge in [-0.25, -0.2) is 0 Å². The molecule has 2 fully saturated rings. The largest absolute Gasteiger partial charge is 0.300 e. The van der Waals surface area contributed by atoms with Crippen molar-refractivity contribution in [3.05, 3.63) is 35.5 Å². The van der Waals surface area contributed by atoms with Gasteiger partial charge in [-0.1, -0.05) is 30.2 Å². The molecule has 0 aromatic rings. The fraction of sp³-hybridized carbons (Fsp3) is 0.619. The summed E-state index contributed by atoms with van der Waals surface area (Å²) in [4.78, 5) is 23.9. The number of fused-ring (bicyclic) bond motifs is 5. The molecule has 23 heavy (non-hydrogen) atoms. The van der Waals surface area contributed by atoms with E-state index in [1.807, 2.05) is 6.08 Å². The number of ketones is 2. The van der Waals surface area contributed by atoms with Crippen molar-refractivity contribution in [2.24, 2.45) is 28.6 Å². The highest BCUT2D eigenvalue weighted by molar-refractivity contribution is 6.01. The van der Waals surface area contributed by atoms with Gasteiger partial charge in [-0.3, -0.25) is 9.59 Å². The molecule has 2 nitrogen and oxygen atoms in total. The molecule has 0 heterocycles. The number of hydrogen-bond donors (Lipinski definition) is 0. The third-order valence-electron chi connectivity index (χ3n) is 7.44. The highest BCUT2D eigenvalue weighted by Gasteiger charge is 2.56. The Morgan fingerprint density at radius 3 is 2.74 bits per heavy atom. The van der Waals surface area contributed by atoms with Crippen molar-refractivity contribution in [1.29, 1.82) is 0 Å². The molecular formula is C21H26O2. The van der Waals surface area contributed by atoms with E-state index in [0.29, 0.717) is 17.6 Å². The summed E-state index contributed by atoms with van der Waals surface area (Å²) in [7, 11) is 0. The maximum absolute atomic E-state index is 12.1. The molecule has 0 amide bonds. The van der Waals surface area contributed by atoms with Gasteiger partial charge in [0.05, 0.1) is 0 Å². The highest BCUT2D eigenvalue weighted by Crippen LogP contribution is 2.63. The van der Waals surface area contributed by atoms with Crippen LogP contribution in [0, 0.1) is 28.6 Å². The number of Topliss-reactive ketones (excluding diaryl/α,β-unsaturated/α-hetero) is 1. The normalized spacial score (nSPS) is 44.8. The van der Waals surface area contributed by atoms with Gasteiger partial charge >= 0.3 is 0 Å². The minimum Gasteiger partial charge on any atom is -0.300 e. The first-order chi connectivity index (χ1) is 10.9. The van der Waals surface area contributed by atoms with E-state index in [1.165, 1.54) is 17.6 Å². The maximum atomic E-state index is 12.1. The van der Waals surface area contributed by atoms with Crippen LogP contribution >= 0.6 is 0 Å². The summed E-state index contributed by atoms with van der Waals surface area (Å²) in [5, 5.41) is 0. The Morgan fingerprint density at radius 2 is 2.00 bits per heavy atom. The van der Waals surface area contributed by atoms with E-state index in [9.17, 15) is 9.59 Å². The molecule has 0 spiro atoms. The second-order valence-corrected chi connectivity index (χ2v) is 8.47. The van der Waals surface area contributed by atoms with Crippen LogP contribution in [0.4, 0.5) is 0 Å². The third-order valence-corrected chi connectivity index (χ3v) is 7.44. The van der Waals surface area contributed by atoms with Gasteiger partial charge in [0.1, 0.15) is 5.78 Å². The monoisotopic (exact) mass is 310 g/mol. The summed E-state index contributed by atoms with van der Waals surface area (Å²) in [6, 6.07) is 0. The van der Waals surface area contributed by atoms with Crippen LogP contribution in [0.1, 0.15) is 52.9 Å². The quantitative estimate of drug-likeness (QED) is 0.672. The van der Waals surface area contributed by atoms with Crippen molar-refractivity contribution in [1.82, 2.24) is 0 Å². The van der Waals surface area contributed by atoms with Gasteiger partial charge in [-0.2, -0.15) is 0 Å². The van der Waals surface area contributed by atoms with Gasteiger partial charge in [-0.05, 0) is 75.4 Å². The van der Waals surface area contributed by atoms with E-state index < -0.39 is 0 Å². The van der Waals surface area contributed by atoms with Gasteiger partial charge in [-0.15, -0.1) is 0 Å². The molecule has 122 valence electrons. The molecule has 5 atom stereocenters. The topological polar surface area (TPSA) is 34.1 Å². The Hall–Kier alpha value is -1.44. The molecular weight excluding hydrogens is 284 g/mol. The van der Waals surface area contributed by atoms with Crippen molar-refractivity contribution in [2.45, 2.75) is 52.9 Å². The van der Waals surface area contributed by atoms with Crippen LogP contribution < -0.4 is 0 Å². The molecule has 0 aromatic carbocycles. The van der Waals surface area contributed by atoms with Crippen molar-refractivity contribution in [3.8, 4) is 0 Å². The van der Waals surface area contributed by atoms with Gasteiger partial charge < -0.3 is 0 Å². The molecule has 0 saturated heterocycles. The van der Waals surface area contributed by atoms with E-state index in [4.69, 9.17) is 0 Å². The second-order valence-electron chi connectivity index (χ2n) is 8.47. The minimum absolute atomic E-state index is 0.0630. The Bertz CT molecular complexity index is 680. The highest BCUT2D eigenvalue weighted by atomic mass is 16.1. The smallest absolute Gasteiger partial charge is 0.178 e. The zero-order valence-electron chi connectivity index (χ0n) is 14.4. The van der Waals surface area contributed by atoms with Crippen molar-refractivity contribution >= 4 is 11.6 Å². The fourth-order valence-electron chi connectivity index (χ4n) is 6.19. The Labute approximate surface area is 138 Å². The molecule has 0 aromatic heterocycles. The maximum Gasteiger partial charge on any atom is 0.178 e. The summed E-state index contributed by atoms with van der Waals surface area (Å²) < 4.78 is 0. The lowest BCUT2D eigenvalue weighted by Gasteiger charge is -2.52. The molecule has 0 bridgehead atoms. The van der Waals surface area contributed by atoms with Crippen molar-refractivity contribution < 1.29 is 9.59 Å². The average molecular weight is 310 g/mol. The Kier molecular flexibility index (Phi) is 3.14. The van der Waals surface area contributed by atoms with Gasteiger partial charge in [0.25, 0.3) is 0 Å². The first kappa shape index (κ1) is 15.1. The number of allylic oxidation sites excluding steroid dienone is 6. The predicted molar refractivity (Wildman–Crippen MR) is 90.8 cm³/mol. The number of carbonyl (C=O) groups excluding carboxylic acids is 2. The van der Waals surface area contributed by atoms with Crippen LogP contribution in [0.15, 0.2) is 35.5 Å². The van der Waals surface area contributed by atoms with Crippen LogP contribution in [-0.4, -0.2) is 11.6 Å². The van der Waals surface area contributed by atoms with E-state index in [-0.39, 0.29) is 22.5 Å². The van der Waals surface area contributed by atoms with Crippen molar-refractivity contribution in [2.75, 3.05) is 0 Å². The van der Waals surface area contributed by atoms with E-state index in [0.717, 1.165) is 25.7 Å². The summed E-state index contributed by atoms with van der Waals surface area (Å²) in [6.07, 6.45) is 13.6. The molecule has 0 N–H and O–H groups in total. The second kappa shape index (κ2) is 4.78.